The number of allylic oxidation sites excluding steroid dienone is 4. The van der Waals surface area contributed by atoms with E-state index in [1.807, 2.05) is 13.8 Å². The molecule has 0 amide bonds. The number of benzene rings is 2. The standard InChI is InChI=1S/C25H29N3S.C2H6/c1-20(19-21-5-3-2-4-6-21)26-22-7-9-23(10-8-22)27-15-17-28(18-16-27)24-11-13-25(29)14-12-24;1-2/h3,5-14,26,29H,1-2,4,15-19H2;1-2H3. The van der Waals surface area contributed by atoms with Crippen molar-refractivity contribution in [3.63, 3.8) is 0 Å². The van der Waals surface area contributed by atoms with Gasteiger partial charge in [0, 0.05) is 60.3 Å². The van der Waals surface area contributed by atoms with Crippen LogP contribution in [0, 0.1) is 0 Å². The van der Waals surface area contributed by atoms with Crippen LogP contribution in [0.25, 0.3) is 0 Å². The van der Waals surface area contributed by atoms with Gasteiger partial charge in [-0.15, -0.1) is 12.6 Å². The maximum atomic E-state index is 4.38. The highest BCUT2D eigenvalue weighted by Crippen LogP contribution is 2.24. The molecular formula is C27H35N3S. The number of nitrogens with zero attached hydrogens (tertiary/aromatic N) is 2. The van der Waals surface area contributed by atoms with Gasteiger partial charge in [0.2, 0.25) is 0 Å². The molecule has 1 saturated heterocycles. The molecule has 1 heterocycles. The molecule has 1 aliphatic carbocycles. The predicted molar refractivity (Wildman–Crippen MR) is 140 cm³/mol. The Kier molecular flexibility index (Phi) is 8.72. The Hall–Kier alpha value is -2.59. The summed E-state index contributed by atoms with van der Waals surface area (Å²) in [4.78, 5) is 5.91. The molecule has 0 aromatic heterocycles. The van der Waals surface area contributed by atoms with Crippen molar-refractivity contribution in [2.75, 3.05) is 41.3 Å². The number of nitrogens with one attached hydrogen (secondary N) is 1. The minimum absolute atomic E-state index is 0.883. The summed E-state index contributed by atoms with van der Waals surface area (Å²) < 4.78 is 0. The summed E-state index contributed by atoms with van der Waals surface area (Å²) in [6, 6.07) is 17.2. The van der Waals surface area contributed by atoms with E-state index in [0.29, 0.717) is 0 Å². The van der Waals surface area contributed by atoms with Crippen molar-refractivity contribution in [2.45, 2.75) is 38.0 Å². The lowest BCUT2D eigenvalue weighted by molar-refractivity contribution is 0.653. The second-order valence-corrected chi connectivity index (χ2v) is 8.22. The van der Waals surface area contributed by atoms with Crippen LogP contribution in [-0.4, -0.2) is 26.2 Å². The van der Waals surface area contributed by atoms with Gasteiger partial charge in [0.1, 0.15) is 0 Å². The minimum atomic E-state index is 0.883. The zero-order valence-electron chi connectivity index (χ0n) is 18.8. The largest absolute Gasteiger partial charge is 0.368 e. The van der Waals surface area contributed by atoms with Crippen molar-refractivity contribution in [3.05, 3.63) is 84.6 Å². The van der Waals surface area contributed by atoms with Crippen LogP contribution < -0.4 is 15.1 Å². The van der Waals surface area contributed by atoms with Gasteiger partial charge in [-0.2, -0.15) is 0 Å². The fraction of sp³-hybridized carbons (Fsp3) is 0.333. The highest BCUT2D eigenvalue weighted by molar-refractivity contribution is 7.80. The third-order valence-electron chi connectivity index (χ3n) is 5.54. The summed E-state index contributed by atoms with van der Waals surface area (Å²) in [5.41, 5.74) is 6.06. The molecule has 1 N–H and O–H groups in total. The van der Waals surface area contributed by atoms with E-state index in [4.69, 9.17) is 0 Å². The Bertz CT molecular complexity index is 889. The lowest BCUT2D eigenvalue weighted by Crippen LogP contribution is -2.46. The van der Waals surface area contributed by atoms with Crippen LogP contribution in [0.3, 0.4) is 0 Å². The zero-order valence-corrected chi connectivity index (χ0v) is 19.7. The molecule has 1 fully saturated rings. The molecule has 1 aliphatic heterocycles. The predicted octanol–water partition coefficient (Wildman–Crippen LogP) is 6.92. The van der Waals surface area contributed by atoms with Crippen LogP contribution >= 0.6 is 12.6 Å². The van der Waals surface area contributed by atoms with Gasteiger partial charge in [0.15, 0.2) is 0 Å². The van der Waals surface area contributed by atoms with Gasteiger partial charge in [-0.05, 0) is 66.9 Å². The molecule has 0 radical (unpaired) electrons. The van der Waals surface area contributed by atoms with Crippen molar-refractivity contribution in [1.82, 2.24) is 0 Å². The van der Waals surface area contributed by atoms with Crippen molar-refractivity contribution in [2.24, 2.45) is 0 Å². The molecule has 2 aliphatic rings. The normalized spacial score (nSPS) is 15.6. The van der Waals surface area contributed by atoms with Crippen LogP contribution in [0.5, 0.6) is 0 Å². The molecular weight excluding hydrogens is 398 g/mol. The molecule has 0 atom stereocenters. The molecule has 4 heteroatoms. The third-order valence-corrected chi connectivity index (χ3v) is 5.84. The first-order valence-electron chi connectivity index (χ1n) is 11.4. The van der Waals surface area contributed by atoms with Gasteiger partial charge in [0.05, 0.1) is 0 Å². The van der Waals surface area contributed by atoms with E-state index in [-0.39, 0.29) is 0 Å². The van der Waals surface area contributed by atoms with E-state index in [1.165, 1.54) is 16.9 Å². The van der Waals surface area contributed by atoms with E-state index >= 15 is 0 Å². The highest BCUT2D eigenvalue weighted by Gasteiger charge is 2.17. The van der Waals surface area contributed by atoms with E-state index in [2.05, 4.69) is 101 Å². The first-order chi connectivity index (χ1) is 15.2. The molecule has 0 saturated carbocycles. The number of hydrogen-bond donors (Lipinski definition) is 2. The second kappa shape index (κ2) is 11.7. The molecule has 164 valence electrons. The molecule has 3 nitrogen and oxygen atoms in total. The van der Waals surface area contributed by atoms with Crippen LogP contribution in [0.4, 0.5) is 17.1 Å². The van der Waals surface area contributed by atoms with Crippen molar-refractivity contribution in [1.29, 1.82) is 0 Å². The molecule has 2 aromatic carbocycles. The van der Waals surface area contributed by atoms with E-state index < -0.39 is 0 Å². The maximum absolute atomic E-state index is 4.38. The molecule has 0 bridgehead atoms. The fourth-order valence-corrected chi connectivity index (χ4v) is 4.08. The first kappa shape index (κ1) is 23.1. The van der Waals surface area contributed by atoms with E-state index in [1.54, 1.807) is 0 Å². The highest BCUT2D eigenvalue weighted by atomic mass is 32.1. The molecule has 0 unspecified atom stereocenters. The van der Waals surface area contributed by atoms with Gasteiger partial charge >= 0.3 is 0 Å². The fourth-order valence-electron chi connectivity index (χ4n) is 3.94. The Morgan fingerprint density at radius 1 is 0.871 bits per heavy atom. The summed E-state index contributed by atoms with van der Waals surface area (Å²) in [7, 11) is 0. The average Bonchev–Trinajstić information content (AvgIpc) is 2.82. The van der Waals surface area contributed by atoms with Crippen molar-refractivity contribution in [3.8, 4) is 0 Å². The van der Waals surface area contributed by atoms with Crippen LogP contribution in [0.1, 0.15) is 33.1 Å². The number of piperazine rings is 1. The van der Waals surface area contributed by atoms with E-state index in [9.17, 15) is 0 Å². The second-order valence-electron chi connectivity index (χ2n) is 7.70. The number of anilines is 3. The smallest absolute Gasteiger partial charge is 0.0383 e. The number of rotatable bonds is 6. The lowest BCUT2D eigenvalue weighted by Gasteiger charge is -2.37. The monoisotopic (exact) mass is 433 g/mol. The third kappa shape index (κ3) is 6.70. The Morgan fingerprint density at radius 2 is 1.42 bits per heavy atom. The first-order valence-corrected chi connectivity index (χ1v) is 11.8. The number of hydrogen-bond acceptors (Lipinski definition) is 4. The van der Waals surface area contributed by atoms with Crippen molar-refractivity contribution < 1.29 is 0 Å². The summed E-state index contributed by atoms with van der Waals surface area (Å²) in [6.45, 7) is 12.3. The quantitative estimate of drug-likeness (QED) is 0.482. The van der Waals surface area contributed by atoms with Crippen LogP contribution in [-0.2, 0) is 0 Å². The molecule has 31 heavy (non-hydrogen) atoms. The Labute approximate surface area is 193 Å². The van der Waals surface area contributed by atoms with E-state index in [0.717, 1.165) is 61.7 Å². The minimum Gasteiger partial charge on any atom is -0.368 e. The average molecular weight is 434 g/mol. The number of thiol groups is 1. The Morgan fingerprint density at radius 3 is 1.94 bits per heavy atom. The summed E-state index contributed by atoms with van der Waals surface area (Å²) >= 11 is 4.38. The van der Waals surface area contributed by atoms with Gasteiger partial charge in [-0.25, -0.2) is 0 Å². The molecule has 4 rings (SSSR count). The van der Waals surface area contributed by atoms with Crippen LogP contribution in [0.2, 0.25) is 0 Å². The van der Waals surface area contributed by atoms with Gasteiger partial charge in [0.25, 0.3) is 0 Å². The SMILES string of the molecule is C=C(CC1=CCCC=C1)Nc1ccc(N2CCN(c3ccc(S)cc3)CC2)cc1.CC. The summed E-state index contributed by atoms with van der Waals surface area (Å²) in [5, 5.41) is 3.45. The van der Waals surface area contributed by atoms with Gasteiger partial charge in [-0.3, -0.25) is 0 Å². The topological polar surface area (TPSA) is 18.5 Å². The van der Waals surface area contributed by atoms with Gasteiger partial charge < -0.3 is 15.1 Å². The van der Waals surface area contributed by atoms with Gasteiger partial charge in [-0.1, -0.05) is 38.7 Å². The van der Waals surface area contributed by atoms with Crippen LogP contribution in [0.15, 0.2) is 89.5 Å². The Balaban J connectivity index is 0.00000132. The summed E-state index contributed by atoms with van der Waals surface area (Å²) in [6.07, 6.45) is 9.94. The maximum Gasteiger partial charge on any atom is 0.0383 e. The molecule has 0 spiro atoms. The van der Waals surface area contributed by atoms with Crippen molar-refractivity contribution >= 4 is 29.7 Å². The molecule has 2 aromatic rings. The lowest BCUT2D eigenvalue weighted by atomic mass is 10.0. The summed E-state index contributed by atoms with van der Waals surface area (Å²) in [5.74, 6) is 0. The zero-order chi connectivity index (χ0) is 22.1.